The zero-order chi connectivity index (χ0) is 13.2. The highest BCUT2D eigenvalue weighted by Crippen LogP contribution is 2.49. The van der Waals surface area contributed by atoms with Crippen LogP contribution in [0, 0.1) is 17.8 Å². The minimum absolute atomic E-state index is 0.178. The number of carbonyl (C=O) groups excluding carboxylic acids is 1. The van der Waals surface area contributed by atoms with Gasteiger partial charge in [-0.05, 0) is 48.6 Å². The van der Waals surface area contributed by atoms with Gasteiger partial charge in [0.25, 0.3) is 0 Å². The first-order chi connectivity index (χ1) is 9.22. The number of nitrogens with one attached hydrogen (secondary N) is 1. The van der Waals surface area contributed by atoms with Crippen molar-refractivity contribution < 1.29 is 4.79 Å². The molecular weight excluding hydrogens is 258 g/mol. The molecule has 3 atom stereocenters. The number of hydrogen-bond donors (Lipinski definition) is 1. The van der Waals surface area contributed by atoms with E-state index in [1.807, 2.05) is 24.3 Å². The standard InChI is InChI=1S/C16H20ClNO/c17-15-4-2-1-3-13(15)10-18-16(19)9-14-8-11-5-6-12(14)7-11/h1-4,11-12,14H,5-10H2,(H,18,19). The molecule has 0 radical (unpaired) electrons. The predicted octanol–water partition coefficient (Wildman–Crippen LogP) is 3.78. The van der Waals surface area contributed by atoms with Gasteiger partial charge in [-0.1, -0.05) is 36.2 Å². The first kappa shape index (κ1) is 13.0. The van der Waals surface area contributed by atoms with Crippen molar-refractivity contribution in [1.82, 2.24) is 5.32 Å². The monoisotopic (exact) mass is 277 g/mol. The lowest BCUT2D eigenvalue weighted by molar-refractivity contribution is -0.122. The number of fused-ring (bicyclic) bond motifs is 2. The number of benzene rings is 1. The number of hydrogen-bond acceptors (Lipinski definition) is 1. The van der Waals surface area contributed by atoms with Crippen LogP contribution in [0.4, 0.5) is 0 Å². The lowest BCUT2D eigenvalue weighted by atomic mass is 9.86. The summed E-state index contributed by atoms with van der Waals surface area (Å²) in [5, 5.41) is 3.73. The lowest BCUT2D eigenvalue weighted by Crippen LogP contribution is -2.27. The fraction of sp³-hybridized carbons (Fsp3) is 0.562. The third kappa shape index (κ3) is 2.94. The second kappa shape index (κ2) is 5.54. The van der Waals surface area contributed by atoms with E-state index < -0.39 is 0 Å². The van der Waals surface area contributed by atoms with Crippen molar-refractivity contribution in [2.24, 2.45) is 17.8 Å². The molecule has 19 heavy (non-hydrogen) atoms. The molecular formula is C16H20ClNO. The van der Waals surface area contributed by atoms with Gasteiger partial charge in [0.15, 0.2) is 0 Å². The lowest BCUT2D eigenvalue weighted by Gasteiger charge is -2.20. The van der Waals surface area contributed by atoms with Crippen LogP contribution < -0.4 is 5.32 Å². The van der Waals surface area contributed by atoms with Crippen molar-refractivity contribution in [3.05, 3.63) is 34.9 Å². The van der Waals surface area contributed by atoms with Crippen molar-refractivity contribution in [1.29, 1.82) is 0 Å². The minimum Gasteiger partial charge on any atom is -0.352 e. The third-order valence-electron chi connectivity index (χ3n) is 4.77. The summed E-state index contributed by atoms with van der Waals surface area (Å²) in [4.78, 5) is 12.0. The smallest absolute Gasteiger partial charge is 0.220 e. The fourth-order valence-corrected chi connectivity index (χ4v) is 3.97. The van der Waals surface area contributed by atoms with Crippen molar-refractivity contribution in [2.75, 3.05) is 0 Å². The van der Waals surface area contributed by atoms with E-state index in [0.29, 0.717) is 18.9 Å². The van der Waals surface area contributed by atoms with E-state index in [0.717, 1.165) is 22.4 Å². The molecule has 3 heteroatoms. The average Bonchev–Trinajstić information content (AvgIpc) is 3.00. The molecule has 1 aromatic rings. The van der Waals surface area contributed by atoms with E-state index in [1.54, 1.807) is 0 Å². The average molecular weight is 278 g/mol. The third-order valence-corrected chi connectivity index (χ3v) is 5.13. The van der Waals surface area contributed by atoms with Crippen LogP contribution >= 0.6 is 11.6 Å². The van der Waals surface area contributed by atoms with Gasteiger partial charge in [-0.15, -0.1) is 0 Å². The number of rotatable bonds is 4. The quantitative estimate of drug-likeness (QED) is 0.891. The molecule has 1 amide bonds. The molecule has 3 unspecified atom stereocenters. The van der Waals surface area contributed by atoms with E-state index in [4.69, 9.17) is 11.6 Å². The van der Waals surface area contributed by atoms with Crippen LogP contribution in [-0.2, 0) is 11.3 Å². The SMILES string of the molecule is O=C(CC1CC2CCC1C2)NCc1ccccc1Cl. The number of amides is 1. The van der Waals surface area contributed by atoms with Gasteiger partial charge in [0.2, 0.25) is 5.91 Å². The Labute approximate surface area is 119 Å². The van der Waals surface area contributed by atoms with E-state index in [1.165, 1.54) is 25.7 Å². The minimum atomic E-state index is 0.178. The zero-order valence-corrected chi connectivity index (χ0v) is 11.8. The Morgan fingerprint density at radius 2 is 2.11 bits per heavy atom. The Hall–Kier alpha value is -1.02. The van der Waals surface area contributed by atoms with Gasteiger partial charge in [-0.25, -0.2) is 0 Å². The molecule has 2 nitrogen and oxygen atoms in total. The van der Waals surface area contributed by atoms with Crippen LogP contribution in [0.25, 0.3) is 0 Å². The molecule has 3 rings (SSSR count). The second-order valence-electron chi connectivity index (χ2n) is 6.01. The van der Waals surface area contributed by atoms with Crippen LogP contribution in [0.15, 0.2) is 24.3 Å². The van der Waals surface area contributed by atoms with Crippen LogP contribution in [0.1, 0.15) is 37.7 Å². The largest absolute Gasteiger partial charge is 0.352 e. The summed E-state index contributed by atoms with van der Waals surface area (Å²) in [6.45, 7) is 0.541. The molecule has 1 N–H and O–H groups in total. The van der Waals surface area contributed by atoms with E-state index >= 15 is 0 Å². The van der Waals surface area contributed by atoms with E-state index in [-0.39, 0.29) is 5.91 Å². The number of halogens is 1. The Kier molecular flexibility index (Phi) is 3.79. The summed E-state index contributed by atoms with van der Waals surface area (Å²) >= 11 is 6.08. The summed E-state index contributed by atoms with van der Waals surface area (Å²) < 4.78 is 0. The van der Waals surface area contributed by atoms with Crippen molar-refractivity contribution >= 4 is 17.5 Å². The normalized spacial score (nSPS) is 28.6. The van der Waals surface area contributed by atoms with Gasteiger partial charge >= 0.3 is 0 Å². The molecule has 0 aliphatic heterocycles. The molecule has 102 valence electrons. The highest BCUT2D eigenvalue weighted by atomic mass is 35.5. The Bertz CT molecular complexity index is 474. The molecule has 0 saturated heterocycles. The maximum absolute atomic E-state index is 12.0. The Morgan fingerprint density at radius 3 is 2.79 bits per heavy atom. The Balaban J connectivity index is 1.48. The van der Waals surface area contributed by atoms with Gasteiger partial charge in [0, 0.05) is 18.0 Å². The first-order valence-electron chi connectivity index (χ1n) is 7.22. The van der Waals surface area contributed by atoms with Crippen LogP contribution in [0.2, 0.25) is 5.02 Å². The first-order valence-corrected chi connectivity index (χ1v) is 7.60. The topological polar surface area (TPSA) is 29.1 Å². The van der Waals surface area contributed by atoms with Crippen molar-refractivity contribution in [3.63, 3.8) is 0 Å². The maximum Gasteiger partial charge on any atom is 0.220 e. The fourth-order valence-electron chi connectivity index (χ4n) is 3.77. The van der Waals surface area contributed by atoms with E-state index in [2.05, 4.69) is 5.32 Å². The van der Waals surface area contributed by atoms with Gasteiger partial charge < -0.3 is 5.32 Å². The summed E-state index contributed by atoms with van der Waals surface area (Å²) in [7, 11) is 0. The molecule has 0 heterocycles. The highest BCUT2D eigenvalue weighted by Gasteiger charge is 2.39. The molecule has 2 saturated carbocycles. The van der Waals surface area contributed by atoms with Crippen molar-refractivity contribution in [3.8, 4) is 0 Å². The van der Waals surface area contributed by atoms with Crippen LogP contribution in [0.5, 0.6) is 0 Å². The molecule has 1 aromatic carbocycles. The highest BCUT2D eigenvalue weighted by molar-refractivity contribution is 6.31. The summed E-state index contributed by atoms with van der Waals surface area (Å²) in [5.41, 5.74) is 0.991. The summed E-state index contributed by atoms with van der Waals surface area (Å²) in [5.74, 6) is 2.53. The van der Waals surface area contributed by atoms with Gasteiger partial charge in [0.1, 0.15) is 0 Å². The molecule has 2 aliphatic rings. The summed E-state index contributed by atoms with van der Waals surface area (Å²) in [6.07, 6.45) is 6.06. The molecule has 0 aromatic heterocycles. The van der Waals surface area contributed by atoms with Crippen molar-refractivity contribution in [2.45, 2.75) is 38.6 Å². The predicted molar refractivity (Wildman–Crippen MR) is 76.9 cm³/mol. The van der Waals surface area contributed by atoms with Gasteiger partial charge in [0.05, 0.1) is 0 Å². The Morgan fingerprint density at radius 1 is 1.26 bits per heavy atom. The molecule has 0 spiro atoms. The van der Waals surface area contributed by atoms with E-state index in [9.17, 15) is 4.79 Å². The zero-order valence-electron chi connectivity index (χ0n) is 11.1. The van der Waals surface area contributed by atoms with Gasteiger partial charge in [-0.3, -0.25) is 4.79 Å². The van der Waals surface area contributed by atoms with Crippen LogP contribution in [0.3, 0.4) is 0 Å². The molecule has 2 bridgehead atoms. The maximum atomic E-state index is 12.0. The van der Waals surface area contributed by atoms with Gasteiger partial charge in [-0.2, -0.15) is 0 Å². The number of carbonyl (C=O) groups is 1. The summed E-state index contributed by atoms with van der Waals surface area (Å²) in [6, 6.07) is 7.67. The van der Waals surface area contributed by atoms with Crippen LogP contribution in [-0.4, -0.2) is 5.91 Å². The second-order valence-corrected chi connectivity index (χ2v) is 6.41. The molecule has 2 fully saturated rings. The molecule has 2 aliphatic carbocycles.